The minimum Gasteiger partial charge on any atom is -0.508 e. The molecule has 1 fully saturated rings. The molecule has 0 bridgehead atoms. The first-order chi connectivity index (χ1) is 15.5. The van der Waals surface area contributed by atoms with E-state index in [2.05, 4.69) is 0 Å². The number of hydrogen-bond donors (Lipinski definition) is 6. The molecule has 3 aliphatic rings. The third-order valence-electron chi connectivity index (χ3n) is 6.79. The largest absolute Gasteiger partial charge is 0.508 e. The van der Waals surface area contributed by atoms with Crippen molar-refractivity contribution in [3.63, 3.8) is 0 Å². The van der Waals surface area contributed by atoms with Crippen LogP contribution in [0.1, 0.15) is 36.5 Å². The fraction of sp³-hybridized carbons (Fsp3) is 0.435. The molecule has 1 aromatic carbocycles. The third kappa shape index (κ3) is 3.33. The van der Waals surface area contributed by atoms with Crippen molar-refractivity contribution < 1.29 is 49.8 Å². The smallest absolute Gasteiger partial charge is 0.342 e. The van der Waals surface area contributed by atoms with E-state index in [1.807, 2.05) is 0 Å². The van der Waals surface area contributed by atoms with Crippen LogP contribution in [0.15, 0.2) is 29.0 Å². The van der Waals surface area contributed by atoms with Gasteiger partial charge in [-0.15, -0.1) is 0 Å². The average molecular weight is 460 g/mol. The molecule has 10 heteroatoms. The Hall–Kier alpha value is -3.21. The highest BCUT2D eigenvalue weighted by atomic mass is 16.5. The quantitative estimate of drug-likeness (QED) is 0.346. The average Bonchev–Trinajstić information content (AvgIpc) is 2.75. The van der Waals surface area contributed by atoms with E-state index in [9.17, 15) is 45.0 Å². The zero-order valence-electron chi connectivity index (χ0n) is 17.7. The lowest BCUT2D eigenvalue weighted by Crippen LogP contribution is -2.58. The number of phenolic OH excluding ortho intramolecular Hbond substituents is 1. The van der Waals surface area contributed by atoms with Crippen molar-refractivity contribution in [3.05, 3.63) is 45.7 Å². The number of aliphatic hydroxyl groups excluding tert-OH is 3. The number of hydrogen-bond acceptors (Lipinski definition) is 9. The first kappa shape index (κ1) is 23.0. The number of carbonyl (C=O) groups is 3. The molecular formula is C23H24O10. The van der Waals surface area contributed by atoms with Crippen molar-refractivity contribution in [1.29, 1.82) is 0 Å². The molecule has 0 aliphatic heterocycles. The van der Waals surface area contributed by atoms with Gasteiger partial charge in [-0.2, -0.15) is 0 Å². The standard InChI is InChI=1S/C23H24O10/c1-9(7-24)33-8-10-2-3-14(25)17-13(10)5-11-4-12-6-15(26)18(22(30)31)21(29)23(12,32)20(28)16(11)19(17)27/h2-3,9,11-12,24-25,27,29,32H,4-8H2,1H3,(H,30,31)/t9?,11-,12+,23+/m1/s1. The summed E-state index contributed by atoms with van der Waals surface area (Å²) in [6.45, 7) is 1.55. The second-order valence-electron chi connectivity index (χ2n) is 8.75. The molecule has 33 heavy (non-hydrogen) atoms. The minimum atomic E-state index is -2.66. The molecule has 0 saturated heterocycles. The van der Waals surface area contributed by atoms with Crippen LogP contribution in [0, 0.1) is 11.8 Å². The maximum Gasteiger partial charge on any atom is 0.342 e. The molecule has 1 aromatic rings. The number of aliphatic carboxylic acids is 1. The van der Waals surface area contributed by atoms with E-state index in [0.717, 1.165) is 0 Å². The Morgan fingerprint density at radius 1 is 1.21 bits per heavy atom. The summed E-state index contributed by atoms with van der Waals surface area (Å²) in [4.78, 5) is 37.1. The Kier molecular flexibility index (Phi) is 5.55. The highest BCUT2D eigenvalue weighted by molar-refractivity contribution is 6.21. The van der Waals surface area contributed by atoms with Gasteiger partial charge in [-0.05, 0) is 42.9 Å². The monoisotopic (exact) mass is 460 g/mol. The number of benzene rings is 1. The van der Waals surface area contributed by atoms with Crippen molar-refractivity contribution in [3.8, 4) is 5.75 Å². The Morgan fingerprint density at radius 2 is 1.91 bits per heavy atom. The Balaban J connectivity index is 1.84. The van der Waals surface area contributed by atoms with Crippen molar-refractivity contribution in [2.45, 2.75) is 44.5 Å². The Morgan fingerprint density at radius 3 is 2.55 bits per heavy atom. The maximum absolute atomic E-state index is 13.4. The van der Waals surface area contributed by atoms with Crippen LogP contribution in [0.25, 0.3) is 5.76 Å². The number of carboxylic acids is 1. The van der Waals surface area contributed by atoms with Crippen LogP contribution >= 0.6 is 0 Å². The fourth-order valence-corrected chi connectivity index (χ4v) is 5.07. The molecule has 0 heterocycles. The van der Waals surface area contributed by atoms with Crippen molar-refractivity contribution in [2.24, 2.45) is 11.8 Å². The third-order valence-corrected chi connectivity index (χ3v) is 6.79. The first-order valence-electron chi connectivity index (χ1n) is 10.5. The molecule has 1 saturated carbocycles. The number of ketones is 2. The highest BCUT2D eigenvalue weighted by Gasteiger charge is 2.60. The number of rotatable bonds is 5. The van der Waals surface area contributed by atoms with Crippen LogP contribution in [0.3, 0.4) is 0 Å². The zero-order valence-corrected chi connectivity index (χ0v) is 17.7. The predicted molar refractivity (Wildman–Crippen MR) is 111 cm³/mol. The van der Waals surface area contributed by atoms with Gasteiger partial charge in [-0.25, -0.2) is 4.79 Å². The van der Waals surface area contributed by atoms with Gasteiger partial charge in [0.15, 0.2) is 17.1 Å². The number of phenols is 1. The lowest BCUT2D eigenvalue weighted by Gasteiger charge is -2.46. The van der Waals surface area contributed by atoms with Gasteiger partial charge in [-0.1, -0.05) is 6.07 Å². The van der Waals surface area contributed by atoms with E-state index in [1.54, 1.807) is 13.0 Å². The van der Waals surface area contributed by atoms with Gasteiger partial charge >= 0.3 is 5.97 Å². The van der Waals surface area contributed by atoms with Crippen LogP contribution in [0.4, 0.5) is 0 Å². The zero-order chi connectivity index (χ0) is 24.2. The summed E-state index contributed by atoms with van der Waals surface area (Å²) in [6.07, 6.45) is -0.698. The molecular weight excluding hydrogens is 436 g/mol. The van der Waals surface area contributed by atoms with Gasteiger partial charge in [0.1, 0.15) is 17.1 Å². The molecule has 1 unspecified atom stereocenters. The SMILES string of the molecule is CC(CO)OCc1ccc(O)c2c1C[C@H]1C[C@H]3CC(=O)C(C(=O)O)=C(O)[C@@]3(O)C(=O)C1=C2O. The van der Waals surface area contributed by atoms with Gasteiger partial charge in [0.05, 0.1) is 24.9 Å². The second kappa shape index (κ2) is 7.98. The summed E-state index contributed by atoms with van der Waals surface area (Å²) in [7, 11) is 0. The Bertz CT molecular complexity index is 1130. The lowest BCUT2D eigenvalue weighted by atomic mass is 9.59. The maximum atomic E-state index is 13.4. The summed E-state index contributed by atoms with van der Waals surface area (Å²) < 4.78 is 5.56. The summed E-state index contributed by atoms with van der Waals surface area (Å²) in [5.74, 6) is -7.56. The topological polar surface area (TPSA) is 182 Å². The van der Waals surface area contributed by atoms with Gasteiger partial charge in [-0.3, -0.25) is 9.59 Å². The van der Waals surface area contributed by atoms with Crippen LogP contribution < -0.4 is 0 Å². The predicted octanol–water partition coefficient (Wildman–Crippen LogP) is 0.921. The van der Waals surface area contributed by atoms with Crippen LogP contribution in [-0.4, -0.2) is 66.5 Å². The van der Waals surface area contributed by atoms with Crippen LogP contribution in [-0.2, 0) is 32.1 Å². The number of ether oxygens (including phenoxy) is 1. The number of aliphatic hydroxyl groups is 4. The summed E-state index contributed by atoms with van der Waals surface area (Å²) >= 11 is 0. The number of fused-ring (bicyclic) bond motifs is 3. The number of carbonyl (C=O) groups excluding carboxylic acids is 2. The second-order valence-corrected chi connectivity index (χ2v) is 8.75. The van der Waals surface area contributed by atoms with Crippen molar-refractivity contribution in [2.75, 3.05) is 6.61 Å². The van der Waals surface area contributed by atoms with Crippen molar-refractivity contribution >= 4 is 23.3 Å². The van der Waals surface area contributed by atoms with Crippen LogP contribution in [0.2, 0.25) is 0 Å². The molecule has 0 amide bonds. The Labute approximate surface area is 188 Å². The highest BCUT2D eigenvalue weighted by Crippen LogP contribution is 2.52. The number of Topliss-reactive ketones (excluding diaryl/α,β-unsaturated/α-hetero) is 2. The number of carboxylic acid groups (broad SMARTS) is 1. The van der Waals surface area contributed by atoms with E-state index in [0.29, 0.717) is 11.1 Å². The van der Waals surface area contributed by atoms with Gasteiger partial charge in [0.2, 0.25) is 5.78 Å². The summed E-state index contributed by atoms with van der Waals surface area (Å²) in [6, 6.07) is 2.93. The fourth-order valence-electron chi connectivity index (χ4n) is 5.07. The number of aromatic hydroxyl groups is 1. The van der Waals surface area contributed by atoms with Gasteiger partial charge in [0, 0.05) is 17.9 Å². The molecule has 176 valence electrons. The van der Waals surface area contributed by atoms with E-state index < -0.39 is 64.6 Å². The molecule has 0 aromatic heterocycles. The van der Waals surface area contributed by atoms with Crippen molar-refractivity contribution in [1.82, 2.24) is 0 Å². The van der Waals surface area contributed by atoms with Gasteiger partial charge in [0.25, 0.3) is 0 Å². The molecule has 6 N–H and O–H groups in total. The minimum absolute atomic E-state index is 0.0109. The normalized spacial score (nSPS) is 27.7. The molecule has 0 radical (unpaired) electrons. The van der Waals surface area contributed by atoms with E-state index >= 15 is 0 Å². The van der Waals surface area contributed by atoms with E-state index in [1.165, 1.54) is 6.07 Å². The first-order valence-corrected chi connectivity index (χ1v) is 10.5. The van der Waals surface area contributed by atoms with E-state index in [4.69, 9.17) is 4.74 Å². The van der Waals surface area contributed by atoms with E-state index in [-0.39, 0.29) is 42.9 Å². The molecule has 0 spiro atoms. The van der Waals surface area contributed by atoms with Gasteiger partial charge < -0.3 is 35.4 Å². The molecule has 4 rings (SSSR count). The molecule has 3 aliphatic carbocycles. The lowest BCUT2D eigenvalue weighted by molar-refractivity contribution is -0.149. The summed E-state index contributed by atoms with van der Waals surface area (Å²) in [5.41, 5.74) is -2.80. The summed E-state index contributed by atoms with van der Waals surface area (Å²) in [5, 5.41) is 61.5. The molecule has 10 nitrogen and oxygen atoms in total. The van der Waals surface area contributed by atoms with Crippen LogP contribution in [0.5, 0.6) is 5.75 Å². The molecule has 4 atom stereocenters.